The molecule has 0 atom stereocenters. The maximum absolute atomic E-state index is 9.78. The van der Waals surface area contributed by atoms with Gasteiger partial charge in [0.25, 0.3) is 0 Å². The SMILES string of the molecule is CCCC(=C(c1ccc(O)cc1)c1ccc(O)cc1)c1ccc(OCCO)c(OC)c1. The van der Waals surface area contributed by atoms with Crippen molar-refractivity contribution in [3.63, 3.8) is 0 Å². The fraction of sp³-hybridized carbons (Fsp3) is 0.231. The van der Waals surface area contributed by atoms with Crippen LogP contribution in [0.1, 0.15) is 36.5 Å². The van der Waals surface area contributed by atoms with E-state index < -0.39 is 0 Å². The smallest absolute Gasteiger partial charge is 0.161 e. The van der Waals surface area contributed by atoms with Gasteiger partial charge in [0.2, 0.25) is 0 Å². The van der Waals surface area contributed by atoms with Crippen LogP contribution in [0, 0.1) is 0 Å². The molecule has 0 aliphatic heterocycles. The molecule has 0 aliphatic rings. The molecule has 0 radical (unpaired) electrons. The summed E-state index contributed by atoms with van der Waals surface area (Å²) in [5, 5.41) is 28.6. The molecule has 0 saturated carbocycles. The van der Waals surface area contributed by atoms with Crippen LogP contribution in [0.4, 0.5) is 0 Å². The number of aromatic hydroxyl groups is 2. The van der Waals surface area contributed by atoms with E-state index in [-0.39, 0.29) is 24.7 Å². The third kappa shape index (κ3) is 5.38. The van der Waals surface area contributed by atoms with Crippen LogP contribution < -0.4 is 9.47 Å². The Balaban J connectivity index is 2.22. The number of phenols is 2. The van der Waals surface area contributed by atoms with Crippen molar-refractivity contribution >= 4 is 11.1 Å². The van der Waals surface area contributed by atoms with Gasteiger partial charge in [0, 0.05) is 0 Å². The molecule has 5 nitrogen and oxygen atoms in total. The molecule has 0 amide bonds. The summed E-state index contributed by atoms with van der Waals surface area (Å²) < 4.78 is 11.1. The zero-order valence-electron chi connectivity index (χ0n) is 17.8. The minimum atomic E-state index is -0.0717. The molecule has 0 bridgehead atoms. The summed E-state index contributed by atoms with van der Waals surface area (Å²) in [6.07, 6.45) is 1.75. The summed E-state index contributed by atoms with van der Waals surface area (Å²) >= 11 is 0. The first kappa shape index (κ1) is 22.2. The van der Waals surface area contributed by atoms with Gasteiger partial charge in [0.1, 0.15) is 18.1 Å². The van der Waals surface area contributed by atoms with E-state index >= 15 is 0 Å². The molecule has 0 heterocycles. The van der Waals surface area contributed by atoms with E-state index in [2.05, 4.69) is 6.92 Å². The lowest BCUT2D eigenvalue weighted by atomic mass is 9.87. The third-order valence-corrected chi connectivity index (χ3v) is 4.97. The summed E-state index contributed by atoms with van der Waals surface area (Å²) in [5.41, 5.74) is 5.06. The molecular weight excluding hydrogens is 392 g/mol. The molecule has 3 rings (SSSR count). The highest BCUT2D eigenvalue weighted by atomic mass is 16.5. The third-order valence-electron chi connectivity index (χ3n) is 4.97. The first-order valence-corrected chi connectivity index (χ1v) is 10.3. The first-order chi connectivity index (χ1) is 15.1. The summed E-state index contributed by atoms with van der Waals surface area (Å²) in [7, 11) is 1.59. The van der Waals surface area contributed by atoms with E-state index in [1.807, 2.05) is 42.5 Å². The van der Waals surface area contributed by atoms with Crippen molar-refractivity contribution in [3.05, 3.63) is 83.4 Å². The molecule has 0 unspecified atom stereocenters. The standard InChI is InChI=1S/C26H28O5/c1-3-4-23(20-9-14-24(31-16-15-27)25(17-20)30-2)26(18-5-10-21(28)11-6-18)19-7-12-22(29)13-8-19/h5-14,17,27-29H,3-4,15-16H2,1-2H3. The molecule has 5 heteroatoms. The number of aliphatic hydroxyl groups excluding tert-OH is 1. The van der Waals surface area contributed by atoms with Crippen molar-refractivity contribution in [2.75, 3.05) is 20.3 Å². The van der Waals surface area contributed by atoms with Gasteiger partial charge >= 0.3 is 0 Å². The molecule has 3 aromatic carbocycles. The highest BCUT2D eigenvalue weighted by molar-refractivity contribution is 5.99. The Bertz CT molecular complexity index is 973. The average Bonchev–Trinajstić information content (AvgIpc) is 2.79. The summed E-state index contributed by atoms with van der Waals surface area (Å²) in [6.45, 7) is 2.25. The van der Waals surface area contributed by atoms with Crippen LogP contribution >= 0.6 is 0 Å². The number of hydrogen-bond acceptors (Lipinski definition) is 5. The van der Waals surface area contributed by atoms with Gasteiger partial charge in [0.05, 0.1) is 13.7 Å². The van der Waals surface area contributed by atoms with Gasteiger partial charge in [-0.05, 0) is 70.7 Å². The second-order valence-electron chi connectivity index (χ2n) is 7.14. The van der Waals surface area contributed by atoms with Crippen LogP contribution in [0.3, 0.4) is 0 Å². The summed E-state index contributed by atoms with van der Waals surface area (Å²) in [6, 6.07) is 20.0. The predicted octanol–water partition coefficient (Wildman–Crippen LogP) is 5.24. The average molecular weight is 421 g/mol. The highest BCUT2D eigenvalue weighted by Gasteiger charge is 2.16. The van der Waals surface area contributed by atoms with Crippen LogP contribution in [0.2, 0.25) is 0 Å². The minimum absolute atomic E-state index is 0.0717. The van der Waals surface area contributed by atoms with Crippen molar-refractivity contribution in [1.82, 2.24) is 0 Å². The second-order valence-corrected chi connectivity index (χ2v) is 7.14. The Morgan fingerprint density at radius 1 is 0.774 bits per heavy atom. The van der Waals surface area contributed by atoms with Crippen molar-refractivity contribution in [1.29, 1.82) is 0 Å². The number of methoxy groups -OCH3 is 1. The van der Waals surface area contributed by atoms with E-state index in [0.29, 0.717) is 11.5 Å². The molecule has 162 valence electrons. The topological polar surface area (TPSA) is 79.2 Å². The van der Waals surface area contributed by atoms with Crippen molar-refractivity contribution < 1.29 is 24.8 Å². The highest BCUT2D eigenvalue weighted by Crippen LogP contribution is 2.39. The lowest BCUT2D eigenvalue weighted by Gasteiger charge is -2.19. The van der Waals surface area contributed by atoms with E-state index in [1.165, 1.54) is 0 Å². The molecule has 0 aliphatic carbocycles. The molecule has 0 spiro atoms. The van der Waals surface area contributed by atoms with Gasteiger partial charge < -0.3 is 24.8 Å². The van der Waals surface area contributed by atoms with Crippen LogP contribution in [0.25, 0.3) is 11.1 Å². The molecule has 0 aromatic heterocycles. The van der Waals surface area contributed by atoms with Crippen LogP contribution in [-0.4, -0.2) is 35.6 Å². The number of rotatable bonds is 9. The van der Waals surface area contributed by atoms with Crippen LogP contribution in [0.15, 0.2) is 66.7 Å². The van der Waals surface area contributed by atoms with Gasteiger partial charge in [-0.15, -0.1) is 0 Å². The number of hydrogen-bond donors (Lipinski definition) is 3. The Hall–Kier alpha value is -3.44. The van der Waals surface area contributed by atoms with E-state index in [4.69, 9.17) is 14.6 Å². The van der Waals surface area contributed by atoms with Crippen molar-refractivity contribution in [2.24, 2.45) is 0 Å². The monoisotopic (exact) mass is 420 g/mol. The molecule has 3 N–H and O–H groups in total. The normalized spacial score (nSPS) is 10.5. The molecule has 0 fully saturated rings. The van der Waals surface area contributed by atoms with E-state index in [1.54, 1.807) is 31.4 Å². The van der Waals surface area contributed by atoms with Gasteiger partial charge in [0.15, 0.2) is 11.5 Å². The Kier molecular flexibility index (Phi) is 7.57. The molecule has 3 aromatic rings. The second kappa shape index (κ2) is 10.5. The maximum Gasteiger partial charge on any atom is 0.161 e. The van der Waals surface area contributed by atoms with E-state index in [0.717, 1.165) is 40.7 Å². The zero-order chi connectivity index (χ0) is 22.2. The van der Waals surface area contributed by atoms with Crippen LogP contribution in [-0.2, 0) is 0 Å². The minimum Gasteiger partial charge on any atom is -0.508 e. The molecule has 31 heavy (non-hydrogen) atoms. The fourth-order valence-electron chi connectivity index (χ4n) is 3.57. The fourth-order valence-corrected chi connectivity index (χ4v) is 3.57. The first-order valence-electron chi connectivity index (χ1n) is 10.3. The summed E-state index contributed by atoms with van der Waals surface area (Å²) in [5.74, 6) is 1.58. The van der Waals surface area contributed by atoms with Crippen molar-refractivity contribution in [2.45, 2.75) is 19.8 Å². The zero-order valence-corrected chi connectivity index (χ0v) is 17.8. The predicted molar refractivity (Wildman–Crippen MR) is 123 cm³/mol. The molecule has 0 saturated heterocycles. The van der Waals surface area contributed by atoms with E-state index in [9.17, 15) is 10.2 Å². The number of allylic oxidation sites excluding steroid dienone is 1. The quantitative estimate of drug-likeness (QED) is 0.413. The maximum atomic E-state index is 9.78. The van der Waals surface area contributed by atoms with Crippen molar-refractivity contribution in [3.8, 4) is 23.0 Å². The number of benzene rings is 3. The lowest BCUT2D eigenvalue weighted by molar-refractivity contribution is 0.196. The number of phenolic OH excluding ortho intramolecular Hbond substituents is 2. The van der Waals surface area contributed by atoms with Gasteiger partial charge in [-0.25, -0.2) is 0 Å². The number of ether oxygens (including phenoxy) is 2. The van der Waals surface area contributed by atoms with Gasteiger partial charge in [-0.3, -0.25) is 0 Å². The Morgan fingerprint density at radius 3 is 1.81 bits per heavy atom. The Morgan fingerprint density at radius 2 is 1.32 bits per heavy atom. The molecular formula is C26H28O5. The lowest BCUT2D eigenvalue weighted by Crippen LogP contribution is -2.03. The van der Waals surface area contributed by atoms with Crippen LogP contribution in [0.5, 0.6) is 23.0 Å². The van der Waals surface area contributed by atoms with Gasteiger partial charge in [-0.1, -0.05) is 43.7 Å². The summed E-state index contributed by atoms with van der Waals surface area (Å²) in [4.78, 5) is 0. The Labute approximate surface area is 182 Å². The largest absolute Gasteiger partial charge is 0.508 e. The number of aliphatic hydroxyl groups is 1. The van der Waals surface area contributed by atoms with Gasteiger partial charge in [-0.2, -0.15) is 0 Å².